The van der Waals surface area contributed by atoms with Crippen molar-refractivity contribution in [3.8, 4) is 5.75 Å². The zero-order chi connectivity index (χ0) is 28.1. The van der Waals surface area contributed by atoms with E-state index in [1.54, 1.807) is 20.2 Å². The van der Waals surface area contributed by atoms with E-state index >= 15 is 0 Å². The molecular formula is C23H29F3N4O7S. The van der Waals surface area contributed by atoms with Crippen molar-refractivity contribution in [3.63, 3.8) is 0 Å². The topological polar surface area (TPSA) is 140 Å². The summed E-state index contributed by atoms with van der Waals surface area (Å²) < 4.78 is 71.3. The quantitative estimate of drug-likeness (QED) is 0.544. The predicted molar refractivity (Wildman–Crippen MR) is 128 cm³/mol. The largest absolute Gasteiger partial charge is 0.497 e. The number of fused-ring (bicyclic) bond motifs is 2. The van der Waals surface area contributed by atoms with Gasteiger partial charge in [-0.3, -0.25) is 4.79 Å². The minimum atomic E-state index is -5.08. The van der Waals surface area contributed by atoms with Gasteiger partial charge in [0.05, 0.1) is 19.4 Å². The molecule has 2 aliphatic heterocycles. The van der Waals surface area contributed by atoms with Gasteiger partial charge in [-0.15, -0.1) is 0 Å². The summed E-state index contributed by atoms with van der Waals surface area (Å²) in [6.45, 7) is 3.08. The van der Waals surface area contributed by atoms with Gasteiger partial charge in [0, 0.05) is 32.0 Å². The van der Waals surface area contributed by atoms with E-state index < -0.39 is 33.9 Å². The number of imidazole rings is 1. The summed E-state index contributed by atoms with van der Waals surface area (Å²) in [7, 11) is -1.65. The lowest BCUT2D eigenvalue weighted by Gasteiger charge is -2.45. The molecule has 1 atom stereocenters. The number of hydrogen-bond acceptors (Lipinski definition) is 7. The summed E-state index contributed by atoms with van der Waals surface area (Å²) in [6.07, 6.45) is -1.30. The number of carbonyl (C=O) groups is 2. The van der Waals surface area contributed by atoms with Crippen molar-refractivity contribution in [2.45, 2.75) is 50.7 Å². The van der Waals surface area contributed by atoms with Crippen LogP contribution in [0.4, 0.5) is 13.2 Å². The van der Waals surface area contributed by atoms with Gasteiger partial charge >= 0.3 is 12.1 Å². The maximum absolute atomic E-state index is 12.9. The molecule has 38 heavy (non-hydrogen) atoms. The van der Waals surface area contributed by atoms with Crippen LogP contribution in [0.2, 0.25) is 0 Å². The number of carbonyl (C=O) groups excluding carboxylic acids is 1. The average Bonchev–Trinajstić information content (AvgIpc) is 3.37. The Labute approximate surface area is 217 Å². The maximum atomic E-state index is 12.9. The van der Waals surface area contributed by atoms with E-state index in [4.69, 9.17) is 19.4 Å². The van der Waals surface area contributed by atoms with Gasteiger partial charge in [0.25, 0.3) is 5.91 Å². The normalized spacial score (nSPS) is 19.1. The lowest BCUT2D eigenvalue weighted by molar-refractivity contribution is -0.192. The fourth-order valence-electron chi connectivity index (χ4n) is 4.27. The molecule has 1 aromatic heterocycles. The van der Waals surface area contributed by atoms with Gasteiger partial charge in [-0.2, -0.15) is 13.2 Å². The molecule has 0 radical (unpaired) electrons. The monoisotopic (exact) mass is 562 g/mol. The molecule has 2 aliphatic rings. The van der Waals surface area contributed by atoms with Crippen LogP contribution in [0.25, 0.3) is 0 Å². The van der Waals surface area contributed by atoms with Gasteiger partial charge in [-0.1, -0.05) is 12.1 Å². The van der Waals surface area contributed by atoms with Crippen LogP contribution in [-0.2, 0) is 43.0 Å². The molecule has 0 bridgehead atoms. The van der Waals surface area contributed by atoms with Gasteiger partial charge in [0.2, 0.25) is 10.0 Å². The number of amides is 1. The van der Waals surface area contributed by atoms with E-state index in [2.05, 4.69) is 10.3 Å². The molecule has 1 fully saturated rings. The first-order valence-electron chi connectivity index (χ1n) is 11.7. The molecule has 0 aliphatic carbocycles. The maximum Gasteiger partial charge on any atom is 0.490 e. The second-order valence-corrected chi connectivity index (χ2v) is 10.9. The molecule has 1 aromatic carbocycles. The number of sulfonamides is 1. The third kappa shape index (κ3) is 6.82. The van der Waals surface area contributed by atoms with Crippen molar-refractivity contribution in [1.29, 1.82) is 0 Å². The van der Waals surface area contributed by atoms with Crippen LogP contribution in [0.3, 0.4) is 0 Å². The van der Waals surface area contributed by atoms with Crippen molar-refractivity contribution in [3.05, 3.63) is 48.0 Å². The number of halogens is 3. The average molecular weight is 563 g/mol. The molecule has 210 valence electrons. The SMILES string of the molecule is CCS(=O)(=O)N1CCC2(CC1)OC(C(=O)NCc1cccc(OC)c1)Cn1ccnc12.O=C(O)C(F)(F)F. The fraction of sp³-hybridized carbons (Fsp3) is 0.522. The Morgan fingerprint density at radius 1 is 1.29 bits per heavy atom. The van der Waals surface area contributed by atoms with Gasteiger partial charge in [0.15, 0.2) is 6.10 Å². The van der Waals surface area contributed by atoms with Gasteiger partial charge < -0.3 is 24.5 Å². The van der Waals surface area contributed by atoms with Crippen LogP contribution >= 0.6 is 0 Å². The van der Waals surface area contributed by atoms with Crippen LogP contribution in [0.1, 0.15) is 31.2 Å². The zero-order valence-corrected chi connectivity index (χ0v) is 21.6. The summed E-state index contributed by atoms with van der Waals surface area (Å²) in [5.74, 6) is -1.39. The molecule has 11 nitrogen and oxygen atoms in total. The number of carboxylic acid groups (broad SMARTS) is 1. The molecule has 1 saturated heterocycles. The third-order valence-electron chi connectivity index (χ3n) is 6.28. The van der Waals surface area contributed by atoms with Gasteiger partial charge in [-0.25, -0.2) is 22.5 Å². The number of nitrogens with one attached hydrogen (secondary N) is 1. The summed E-state index contributed by atoms with van der Waals surface area (Å²) in [6, 6.07) is 7.53. The second kappa shape index (κ2) is 11.7. The summed E-state index contributed by atoms with van der Waals surface area (Å²) >= 11 is 0. The Hall–Kier alpha value is -3.17. The number of benzene rings is 1. The first-order chi connectivity index (χ1) is 17.8. The van der Waals surface area contributed by atoms with E-state index in [0.29, 0.717) is 39.0 Å². The van der Waals surface area contributed by atoms with Gasteiger partial charge in [-0.05, 0) is 37.5 Å². The number of aromatic nitrogens is 2. The van der Waals surface area contributed by atoms with Crippen LogP contribution in [0.15, 0.2) is 36.7 Å². The molecule has 1 unspecified atom stereocenters. The van der Waals surface area contributed by atoms with Crippen LogP contribution in [0, 0.1) is 0 Å². The molecular weight excluding hydrogens is 533 g/mol. The van der Waals surface area contributed by atoms with Crippen molar-refractivity contribution < 1.29 is 45.8 Å². The van der Waals surface area contributed by atoms with E-state index in [0.717, 1.165) is 17.1 Å². The zero-order valence-electron chi connectivity index (χ0n) is 20.8. The molecule has 15 heteroatoms. The number of rotatable bonds is 6. The molecule has 3 heterocycles. The number of carboxylic acids is 1. The number of ether oxygens (including phenoxy) is 2. The molecule has 4 rings (SSSR count). The van der Waals surface area contributed by atoms with Crippen molar-refractivity contribution >= 4 is 21.9 Å². The first-order valence-corrected chi connectivity index (χ1v) is 13.3. The Kier molecular flexibility index (Phi) is 9.05. The predicted octanol–water partition coefficient (Wildman–Crippen LogP) is 1.88. The number of methoxy groups -OCH3 is 1. The highest BCUT2D eigenvalue weighted by molar-refractivity contribution is 7.89. The highest BCUT2D eigenvalue weighted by Crippen LogP contribution is 2.40. The summed E-state index contributed by atoms with van der Waals surface area (Å²) in [5.41, 5.74) is 0.166. The minimum Gasteiger partial charge on any atom is -0.497 e. The van der Waals surface area contributed by atoms with Gasteiger partial charge in [0.1, 0.15) is 17.2 Å². The number of nitrogens with zero attached hydrogens (tertiary/aromatic N) is 3. The number of alkyl halides is 3. The molecule has 2 aromatic rings. The number of aliphatic carboxylic acids is 1. The lowest BCUT2D eigenvalue weighted by Crippen LogP contribution is -2.54. The first kappa shape index (κ1) is 29.4. The molecule has 0 saturated carbocycles. The Balaban J connectivity index is 0.000000505. The van der Waals surface area contributed by atoms with Crippen molar-refractivity contribution in [2.75, 3.05) is 26.0 Å². The minimum absolute atomic E-state index is 0.0742. The summed E-state index contributed by atoms with van der Waals surface area (Å²) in [4.78, 5) is 26.3. The lowest BCUT2D eigenvalue weighted by atomic mass is 9.89. The highest BCUT2D eigenvalue weighted by Gasteiger charge is 2.48. The van der Waals surface area contributed by atoms with Crippen LogP contribution in [-0.4, -0.2) is 77.5 Å². The van der Waals surface area contributed by atoms with Crippen LogP contribution < -0.4 is 10.1 Å². The Morgan fingerprint density at radius 3 is 2.53 bits per heavy atom. The Morgan fingerprint density at radius 2 is 1.95 bits per heavy atom. The third-order valence-corrected chi connectivity index (χ3v) is 8.16. The van der Waals surface area contributed by atoms with E-state index in [1.807, 2.05) is 35.0 Å². The number of hydrogen-bond donors (Lipinski definition) is 2. The molecule has 1 spiro atoms. The Bertz CT molecular complexity index is 1240. The second-order valence-electron chi connectivity index (χ2n) is 8.68. The standard InChI is InChI=1S/C21H28N4O5S.C2HF3O2/c1-3-31(27,28)25-10-7-21(8-11-25)20-22-9-12-24(20)15-18(30-21)19(26)23-14-16-5-4-6-17(13-16)29-2;3-2(4,5)1(6)7/h4-6,9,12-13,18H,3,7-8,10-11,14-15H2,1-2H3,(H,23,26);(H,6,7). The molecule has 1 amide bonds. The van der Waals surface area contributed by atoms with Crippen molar-refractivity contribution in [1.82, 2.24) is 19.2 Å². The number of piperidine rings is 1. The van der Waals surface area contributed by atoms with Crippen molar-refractivity contribution in [2.24, 2.45) is 0 Å². The smallest absolute Gasteiger partial charge is 0.490 e. The highest BCUT2D eigenvalue weighted by atomic mass is 32.2. The van der Waals surface area contributed by atoms with E-state index in [1.165, 1.54) is 4.31 Å². The van der Waals surface area contributed by atoms with E-state index in [9.17, 15) is 26.4 Å². The summed E-state index contributed by atoms with van der Waals surface area (Å²) in [5, 5.41) is 10.1. The molecule has 2 N–H and O–H groups in total. The van der Waals surface area contributed by atoms with E-state index in [-0.39, 0.29) is 11.7 Å². The fourth-order valence-corrected chi connectivity index (χ4v) is 5.37. The van der Waals surface area contributed by atoms with Crippen LogP contribution in [0.5, 0.6) is 5.75 Å².